The van der Waals surface area contributed by atoms with Crippen molar-refractivity contribution >= 4 is 0 Å². The van der Waals surface area contributed by atoms with Gasteiger partial charge in [0.15, 0.2) is 0 Å². The van der Waals surface area contributed by atoms with Gasteiger partial charge >= 0.3 is 0 Å². The van der Waals surface area contributed by atoms with E-state index in [4.69, 9.17) is 0 Å². The Balaban J connectivity index is 2.55. The maximum atomic E-state index is 3.79. The molecule has 1 N–H and O–H groups in total. The minimum Gasteiger partial charge on any atom is -0.316 e. The number of likely N-dealkylation sites (N-methyl/N-ethyl adjacent to an activating group) is 1. The van der Waals surface area contributed by atoms with Crippen LogP contribution in [-0.2, 0) is 0 Å². The summed E-state index contributed by atoms with van der Waals surface area (Å²) in [6.07, 6.45) is 3.29. The molecule has 1 unspecified atom stereocenters. The van der Waals surface area contributed by atoms with E-state index in [2.05, 4.69) is 37.7 Å². The summed E-state index contributed by atoms with van der Waals surface area (Å²) < 4.78 is 0. The minimum atomic E-state index is 0.484. The Morgan fingerprint density at radius 3 is 2.71 bits per heavy atom. The second-order valence-corrected chi connectivity index (χ2v) is 4.93. The quantitative estimate of drug-likeness (QED) is 0.674. The first kappa shape index (κ1) is 11.7. The van der Waals surface area contributed by atoms with Crippen LogP contribution in [0.3, 0.4) is 0 Å². The van der Waals surface area contributed by atoms with Gasteiger partial charge in [-0.2, -0.15) is 0 Å². The third-order valence-electron chi connectivity index (χ3n) is 3.53. The van der Waals surface area contributed by atoms with E-state index in [1.54, 1.807) is 0 Å². The zero-order chi connectivity index (χ0) is 10.6. The van der Waals surface area contributed by atoms with E-state index in [-0.39, 0.29) is 0 Å². The van der Waals surface area contributed by atoms with Crippen molar-refractivity contribution in [1.29, 1.82) is 0 Å². The van der Waals surface area contributed by atoms with Gasteiger partial charge in [0, 0.05) is 19.6 Å². The van der Waals surface area contributed by atoms with Crippen LogP contribution in [0.2, 0.25) is 0 Å². The van der Waals surface area contributed by atoms with Gasteiger partial charge in [-0.25, -0.2) is 0 Å². The summed E-state index contributed by atoms with van der Waals surface area (Å²) in [7, 11) is 2.18. The highest BCUT2D eigenvalue weighted by atomic mass is 15.1. The van der Waals surface area contributed by atoms with Gasteiger partial charge in [0.05, 0.1) is 0 Å². The van der Waals surface area contributed by atoms with Crippen LogP contribution in [0.5, 0.6) is 0 Å². The van der Waals surface area contributed by atoms with Gasteiger partial charge in [-0.15, -0.1) is 6.58 Å². The molecule has 1 saturated heterocycles. The van der Waals surface area contributed by atoms with Crippen molar-refractivity contribution in [2.24, 2.45) is 11.3 Å². The molecule has 0 spiro atoms. The van der Waals surface area contributed by atoms with Crippen LogP contribution < -0.4 is 5.32 Å². The van der Waals surface area contributed by atoms with Crippen molar-refractivity contribution in [1.82, 2.24) is 10.2 Å². The first-order valence-electron chi connectivity index (χ1n) is 5.61. The highest BCUT2D eigenvalue weighted by molar-refractivity contribution is 4.93. The lowest BCUT2D eigenvalue weighted by atomic mass is 9.76. The molecule has 1 aliphatic rings. The Bertz CT molecular complexity index is 181. The van der Waals surface area contributed by atoms with E-state index in [0.717, 1.165) is 12.5 Å². The fraction of sp³-hybridized carbons (Fsp3) is 0.833. The third-order valence-corrected chi connectivity index (χ3v) is 3.53. The predicted octanol–water partition coefficient (Wildman–Crippen LogP) is 1.74. The lowest BCUT2D eigenvalue weighted by Gasteiger charge is -2.36. The molecule has 0 amide bonds. The van der Waals surface area contributed by atoms with Crippen LogP contribution in [0.15, 0.2) is 12.7 Å². The molecule has 1 aliphatic heterocycles. The van der Waals surface area contributed by atoms with E-state index in [1.807, 2.05) is 6.08 Å². The molecule has 2 nitrogen and oxygen atoms in total. The Hall–Kier alpha value is -0.340. The van der Waals surface area contributed by atoms with Gasteiger partial charge in [0.2, 0.25) is 0 Å². The summed E-state index contributed by atoms with van der Waals surface area (Å²) in [5.41, 5.74) is 0.484. The van der Waals surface area contributed by atoms with Crippen LogP contribution in [0.4, 0.5) is 0 Å². The summed E-state index contributed by atoms with van der Waals surface area (Å²) in [5, 5.41) is 3.49. The second kappa shape index (κ2) is 4.94. The zero-order valence-corrected chi connectivity index (χ0v) is 9.84. The monoisotopic (exact) mass is 196 g/mol. The van der Waals surface area contributed by atoms with Crippen molar-refractivity contribution in [2.75, 3.05) is 33.2 Å². The Labute approximate surface area is 88.4 Å². The predicted molar refractivity (Wildman–Crippen MR) is 62.5 cm³/mol. The first-order chi connectivity index (χ1) is 6.60. The summed E-state index contributed by atoms with van der Waals surface area (Å²) in [6, 6.07) is 0. The summed E-state index contributed by atoms with van der Waals surface area (Å²) in [6.45, 7) is 13.0. The third kappa shape index (κ3) is 2.58. The largest absolute Gasteiger partial charge is 0.316 e. The first-order valence-corrected chi connectivity index (χ1v) is 5.61. The molecule has 0 aromatic heterocycles. The SMILES string of the molecule is C=CCN(C)CC1(C(C)C)CCNC1. The Morgan fingerprint density at radius 1 is 1.57 bits per heavy atom. The van der Waals surface area contributed by atoms with Crippen LogP contribution >= 0.6 is 0 Å². The standard InChI is InChI=1S/C12H24N2/c1-5-8-14(4)10-12(11(2)3)6-7-13-9-12/h5,11,13H,1,6-10H2,2-4H3. The zero-order valence-electron chi connectivity index (χ0n) is 9.84. The van der Waals surface area contributed by atoms with Gasteiger partial charge in [-0.1, -0.05) is 19.9 Å². The van der Waals surface area contributed by atoms with Gasteiger partial charge in [-0.05, 0) is 31.3 Å². The average molecular weight is 196 g/mol. The molecule has 0 aromatic rings. The Morgan fingerprint density at radius 2 is 2.29 bits per heavy atom. The number of nitrogens with one attached hydrogen (secondary N) is 1. The lowest BCUT2D eigenvalue weighted by molar-refractivity contribution is 0.144. The molecule has 0 bridgehead atoms. The second-order valence-electron chi connectivity index (χ2n) is 4.93. The van der Waals surface area contributed by atoms with E-state index in [9.17, 15) is 0 Å². The molecule has 1 rings (SSSR count). The highest BCUT2D eigenvalue weighted by Crippen LogP contribution is 2.34. The van der Waals surface area contributed by atoms with Crippen molar-refractivity contribution in [3.8, 4) is 0 Å². The maximum absolute atomic E-state index is 3.79. The summed E-state index contributed by atoms with van der Waals surface area (Å²) in [5.74, 6) is 0.754. The Kier molecular flexibility index (Phi) is 4.14. The topological polar surface area (TPSA) is 15.3 Å². The molecule has 0 radical (unpaired) electrons. The van der Waals surface area contributed by atoms with Crippen LogP contribution in [0.25, 0.3) is 0 Å². The molecule has 1 heterocycles. The van der Waals surface area contributed by atoms with E-state index >= 15 is 0 Å². The molecule has 1 atom stereocenters. The van der Waals surface area contributed by atoms with E-state index < -0.39 is 0 Å². The summed E-state index contributed by atoms with van der Waals surface area (Å²) in [4.78, 5) is 2.38. The number of hydrogen-bond donors (Lipinski definition) is 1. The van der Waals surface area contributed by atoms with Crippen molar-refractivity contribution < 1.29 is 0 Å². The molecular formula is C12H24N2. The van der Waals surface area contributed by atoms with E-state index in [1.165, 1.54) is 26.1 Å². The number of hydrogen-bond acceptors (Lipinski definition) is 2. The van der Waals surface area contributed by atoms with Crippen LogP contribution in [0.1, 0.15) is 20.3 Å². The van der Waals surface area contributed by atoms with Gasteiger partial charge in [0.1, 0.15) is 0 Å². The van der Waals surface area contributed by atoms with Crippen LogP contribution in [-0.4, -0.2) is 38.1 Å². The van der Waals surface area contributed by atoms with Gasteiger partial charge in [0.25, 0.3) is 0 Å². The van der Waals surface area contributed by atoms with E-state index in [0.29, 0.717) is 5.41 Å². The molecular weight excluding hydrogens is 172 g/mol. The highest BCUT2D eigenvalue weighted by Gasteiger charge is 2.37. The molecule has 0 aliphatic carbocycles. The minimum absolute atomic E-state index is 0.484. The van der Waals surface area contributed by atoms with Gasteiger partial charge < -0.3 is 10.2 Å². The fourth-order valence-electron chi connectivity index (χ4n) is 2.40. The lowest BCUT2D eigenvalue weighted by Crippen LogP contribution is -2.41. The molecule has 0 aromatic carbocycles. The molecule has 14 heavy (non-hydrogen) atoms. The smallest absolute Gasteiger partial charge is 0.0157 e. The normalized spacial score (nSPS) is 27.5. The number of nitrogens with zero attached hydrogens (tertiary/aromatic N) is 1. The van der Waals surface area contributed by atoms with Crippen LogP contribution in [0, 0.1) is 11.3 Å². The average Bonchev–Trinajstić information content (AvgIpc) is 2.54. The number of rotatable bonds is 5. The molecule has 82 valence electrons. The van der Waals surface area contributed by atoms with Crippen molar-refractivity contribution in [3.63, 3.8) is 0 Å². The molecule has 1 fully saturated rings. The molecule has 2 heteroatoms. The maximum Gasteiger partial charge on any atom is 0.0157 e. The van der Waals surface area contributed by atoms with Gasteiger partial charge in [-0.3, -0.25) is 0 Å². The van der Waals surface area contributed by atoms with Crippen molar-refractivity contribution in [2.45, 2.75) is 20.3 Å². The fourth-order valence-corrected chi connectivity index (χ4v) is 2.40. The van der Waals surface area contributed by atoms with Crippen molar-refractivity contribution in [3.05, 3.63) is 12.7 Å². The molecule has 0 saturated carbocycles. The summed E-state index contributed by atoms with van der Waals surface area (Å²) >= 11 is 0.